The number of hydrogen-bond donors (Lipinski definition) is 0. The van der Waals surface area contributed by atoms with Crippen molar-refractivity contribution in [2.24, 2.45) is 11.3 Å². The second-order valence-electron chi connectivity index (χ2n) is 6.44. The summed E-state index contributed by atoms with van der Waals surface area (Å²) in [5.41, 5.74) is 5.44. The second-order valence-corrected chi connectivity index (χ2v) is 7.67. The summed E-state index contributed by atoms with van der Waals surface area (Å²) < 4.78 is 1.74. The molecule has 0 nitrogen and oxygen atoms in total. The smallest absolute Gasteiger partial charge is 1.00 e. The number of fused-ring (bicyclic) bond motifs is 5. The van der Waals surface area contributed by atoms with Crippen LogP contribution >= 0.6 is 0 Å². The molecule has 0 heterocycles. The molecule has 3 heteroatoms. The number of rotatable bonds is 0. The number of hydrogen-bond acceptors (Lipinski definition) is 0. The van der Waals surface area contributed by atoms with E-state index in [1.165, 1.54) is 12.8 Å². The first-order chi connectivity index (χ1) is 8.02. The zero-order valence-electron chi connectivity index (χ0n) is 11.5. The molecule has 1 saturated carbocycles. The van der Waals surface area contributed by atoms with Crippen LogP contribution in [0.15, 0.2) is 12.1 Å². The van der Waals surface area contributed by atoms with Gasteiger partial charge >= 0.3 is 118 Å². The van der Waals surface area contributed by atoms with Gasteiger partial charge in [-0.2, -0.15) is 0 Å². The maximum absolute atomic E-state index is 2.50. The van der Waals surface area contributed by atoms with Crippen LogP contribution < -0.4 is 35.3 Å². The van der Waals surface area contributed by atoms with Gasteiger partial charge < -0.3 is 24.8 Å². The van der Waals surface area contributed by atoms with Crippen molar-refractivity contribution in [2.45, 2.75) is 39.5 Å². The van der Waals surface area contributed by atoms with Gasteiger partial charge in [0.05, 0.1) is 0 Å². The summed E-state index contributed by atoms with van der Waals surface area (Å²) in [7, 11) is 0. The average molecular weight is 371 g/mol. The molecule has 1 aromatic rings. The van der Waals surface area contributed by atoms with Crippen LogP contribution in [0.3, 0.4) is 0 Å². The molecule has 99 valence electrons. The van der Waals surface area contributed by atoms with Crippen molar-refractivity contribution in [3.63, 3.8) is 0 Å². The SMILES string of the molecule is CC1CC2(C)C1=c1cc3cc(c1=[C]2[Zr+2])C(C)C3.[Cl-].[Cl-]. The van der Waals surface area contributed by atoms with Gasteiger partial charge in [0.15, 0.2) is 0 Å². The zero-order chi connectivity index (χ0) is 11.9. The normalized spacial score (nSPS) is 33.1. The first kappa shape index (κ1) is 15.8. The maximum Gasteiger partial charge on any atom is -1.00 e. The largest absolute Gasteiger partial charge is 1.00 e. The Hall–Kier alpha value is 0.423. The molecule has 0 aliphatic heterocycles. The van der Waals surface area contributed by atoms with Crippen molar-refractivity contribution in [3.05, 3.63) is 33.7 Å². The van der Waals surface area contributed by atoms with E-state index < -0.39 is 0 Å². The zero-order valence-corrected chi connectivity index (χ0v) is 15.4. The molecule has 3 atom stereocenters. The van der Waals surface area contributed by atoms with Crippen LogP contribution in [0.4, 0.5) is 0 Å². The van der Waals surface area contributed by atoms with E-state index in [0.717, 1.165) is 11.8 Å². The van der Waals surface area contributed by atoms with Crippen LogP contribution in [-0.4, -0.2) is 0 Å². The molecule has 0 aromatic heterocycles. The Morgan fingerprint density at radius 3 is 2.47 bits per heavy atom. The third-order valence-corrected chi connectivity index (χ3v) is 7.17. The van der Waals surface area contributed by atoms with Crippen molar-refractivity contribution < 1.29 is 49.5 Å². The van der Waals surface area contributed by atoms with Gasteiger partial charge in [-0.3, -0.25) is 0 Å². The van der Waals surface area contributed by atoms with Gasteiger partial charge in [-0.25, -0.2) is 0 Å². The molecular weight excluding hydrogens is 354 g/mol. The molecule has 0 spiro atoms. The van der Waals surface area contributed by atoms with E-state index in [1.54, 1.807) is 55.1 Å². The van der Waals surface area contributed by atoms with Gasteiger partial charge in [-0.05, 0) is 0 Å². The van der Waals surface area contributed by atoms with Crippen LogP contribution in [0.25, 0.3) is 8.85 Å². The summed E-state index contributed by atoms with van der Waals surface area (Å²) in [6.07, 6.45) is 2.64. The molecule has 0 radical (unpaired) electrons. The molecule has 1 fully saturated rings. The second kappa shape index (κ2) is 4.72. The van der Waals surface area contributed by atoms with E-state index in [4.69, 9.17) is 0 Å². The Balaban J connectivity index is 0.000000667. The fourth-order valence-corrected chi connectivity index (χ4v) is 5.77. The first-order valence-corrected chi connectivity index (χ1v) is 7.89. The molecule has 2 bridgehead atoms. The molecule has 4 rings (SSSR count). The number of halogens is 2. The first-order valence-electron chi connectivity index (χ1n) is 6.66. The molecule has 0 saturated heterocycles. The van der Waals surface area contributed by atoms with Crippen LogP contribution in [0.1, 0.15) is 44.2 Å². The Bertz CT molecular complexity index is 677. The standard InChI is InChI=1S/C16H17.2ClH.Zr/c1-9-4-11-5-12(9)14-8-16(3)7-10(2)15(16)13(14)6-11;;;/h5-6,9-10H,4,7H2,1-3H3;2*1H;/q;;;+2/p-2. The van der Waals surface area contributed by atoms with Gasteiger partial charge in [0.2, 0.25) is 0 Å². The molecule has 3 unspecified atom stereocenters. The summed E-state index contributed by atoms with van der Waals surface area (Å²) in [4.78, 5) is 0. The summed E-state index contributed by atoms with van der Waals surface area (Å²) in [6, 6.07) is 4.97. The Labute approximate surface area is 142 Å². The number of benzene rings is 1. The third kappa shape index (κ3) is 1.74. The van der Waals surface area contributed by atoms with Gasteiger partial charge in [0.25, 0.3) is 0 Å². The van der Waals surface area contributed by atoms with Crippen molar-refractivity contribution in [3.8, 4) is 0 Å². The quantitative estimate of drug-likeness (QED) is 0.439. The molecule has 19 heavy (non-hydrogen) atoms. The van der Waals surface area contributed by atoms with Crippen molar-refractivity contribution >= 4 is 8.85 Å². The van der Waals surface area contributed by atoms with E-state index in [9.17, 15) is 0 Å². The fraction of sp³-hybridized carbons (Fsp3) is 0.500. The minimum absolute atomic E-state index is 0. The molecule has 3 aliphatic rings. The van der Waals surface area contributed by atoms with E-state index in [0.29, 0.717) is 5.41 Å². The van der Waals surface area contributed by atoms with Crippen LogP contribution in [0.5, 0.6) is 0 Å². The van der Waals surface area contributed by atoms with Gasteiger partial charge in [-0.1, -0.05) is 0 Å². The molecule has 3 aliphatic carbocycles. The average Bonchev–Trinajstić information content (AvgIpc) is 2.61. The van der Waals surface area contributed by atoms with Gasteiger partial charge in [0, 0.05) is 0 Å². The molecular formula is C16H17Cl2Zr. The summed E-state index contributed by atoms with van der Waals surface area (Å²) in [5.74, 6) is 1.56. The summed E-state index contributed by atoms with van der Waals surface area (Å²) >= 11 is 1.63. The topological polar surface area (TPSA) is 0 Å². The molecule has 1 aromatic carbocycles. The third-order valence-electron chi connectivity index (χ3n) is 5.20. The van der Waals surface area contributed by atoms with Crippen LogP contribution in [0, 0.1) is 11.3 Å². The predicted molar refractivity (Wildman–Crippen MR) is 66.5 cm³/mol. The molecule has 0 N–H and O–H groups in total. The van der Waals surface area contributed by atoms with Crippen molar-refractivity contribution in [1.29, 1.82) is 0 Å². The fourth-order valence-electron chi connectivity index (χ4n) is 4.50. The summed E-state index contributed by atoms with van der Waals surface area (Å²) in [6.45, 7) is 7.27. The van der Waals surface area contributed by atoms with Crippen molar-refractivity contribution in [1.82, 2.24) is 0 Å². The van der Waals surface area contributed by atoms with Crippen molar-refractivity contribution in [2.75, 3.05) is 0 Å². The monoisotopic (exact) mass is 369 g/mol. The van der Waals surface area contributed by atoms with E-state index >= 15 is 0 Å². The van der Waals surface area contributed by atoms with Gasteiger partial charge in [0.1, 0.15) is 0 Å². The van der Waals surface area contributed by atoms with E-state index in [-0.39, 0.29) is 24.8 Å². The Kier molecular flexibility index (Phi) is 3.93. The van der Waals surface area contributed by atoms with Crippen LogP contribution in [0.2, 0.25) is 0 Å². The summed E-state index contributed by atoms with van der Waals surface area (Å²) in [5, 5.41) is 3.30. The maximum atomic E-state index is 2.50. The van der Waals surface area contributed by atoms with Crippen LogP contribution in [-0.2, 0) is 31.1 Å². The van der Waals surface area contributed by atoms with Gasteiger partial charge in [-0.15, -0.1) is 0 Å². The predicted octanol–water partition coefficient (Wildman–Crippen LogP) is -3.78. The minimum Gasteiger partial charge on any atom is -1.00 e. The molecule has 0 amide bonds. The minimum atomic E-state index is 0. The Morgan fingerprint density at radius 1 is 1.16 bits per heavy atom. The van der Waals surface area contributed by atoms with E-state index in [1.807, 2.05) is 0 Å². The Morgan fingerprint density at radius 2 is 1.84 bits per heavy atom. The van der Waals surface area contributed by atoms with E-state index in [2.05, 4.69) is 32.9 Å².